The van der Waals surface area contributed by atoms with Gasteiger partial charge in [-0.1, -0.05) is 11.6 Å². The van der Waals surface area contributed by atoms with Crippen LogP contribution in [0.3, 0.4) is 0 Å². The quantitative estimate of drug-likeness (QED) is 0.888. The second-order valence-electron chi connectivity index (χ2n) is 3.46. The highest BCUT2D eigenvalue weighted by Gasteiger charge is 2.02. The second-order valence-corrected chi connectivity index (χ2v) is 4.75. The molecule has 0 aliphatic carbocycles. The Morgan fingerprint density at radius 1 is 1.18 bits per heavy atom. The third-order valence-electron chi connectivity index (χ3n) is 2.24. The second kappa shape index (κ2) is 5.38. The maximum Gasteiger partial charge on any atom is 0.0591 e. The maximum absolute atomic E-state index is 5.89. The molecule has 0 spiro atoms. The Morgan fingerprint density at radius 3 is 2.65 bits per heavy atom. The average molecular weight is 313 g/mol. The smallest absolute Gasteiger partial charge is 0.0591 e. The topological polar surface area (TPSA) is 37.0 Å². The highest BCUT2D eigenvalue weighted by atomic mass is 79.9. The first-order valence-corrected chi connectivity index (χ1v) is 6.21. The summed E-state index contributed by atoms with van der Waals surface area (Å²) in [5, 5.41) is 7.01. The molecule has 0 atom stereocenters. The zero-order valence-corrected chi connectivity index (χ0v) is 11.5. The summed E-state index contributed by atoms with van der Waals surface area (Å²) >= 11 is 9.34. The first kappa shape index (κ1) is 12.2. The van der Waals surface area contributed by atoms with Crippen molar-refractivity contribution in [3.63, 3.8) is 0 Å². The van der Waals surface area contributed by atoms with Gasteiger partial charge < -0.3 is 10.6 Å². The summed E-state index contributed by atoms with van der Waals surface area (Å²) in [6.07, 6.45) is 3.53. The van der Waals surface area contributed by atoms with Crippen molar-refractivity contribution in [2.75, 3.05) is 17.7 Å². The van der Waals surface area contributed by atoms with Crippen molar-refractivity contribution in [1.29, 1.82) is 0 Å². The molecule has 1 heterocycles. The van der Waals surface area contributed by atoms with E-state index in [-0.39, 0.29) is 0 Å². The third kappa shape index (κ3) is 3.11. The monoisotopic (exact) mass is 311 g/mol. The normalized spacial score (nSPS) is 10.1. The van der Waals surface area contributed by atoms with Crippen molar-refractivity contribution >= 4 is 44.6 Å². The number of pyridine rings is 1. The highest BCUT2D eigenvalue weighted by Crippen LogP contribution is 2.28. The average Bonchev–Trinajstić information content (AvgIpc) is 2.33. The number of nitrogens with one attached hydrogen (secondary N) is 2. The van der Waals surface area contributed by atoms with Gasteiger partial charge in [0, 0.05) is 16.5 Å². The van der Waals surface area contributed by atoms with Crippen molar-refractivity contribution in [3.05, 3.63) is 46.2 Å². The molecule has 17 heavy (non-hydrogen) atoms. The molecule has 0 saturated heterocycles. The molecule has 0 fully saturated rings. The lowest BCUT2D eigenvalue weighted by molar-refractivity contribution is 1.30. The van der Waals surface area contributed by atoms with Crippen molar-refractivity contribution in [2.45, 2.75) is 0 Å². The predicted molar refractivity (Wildman–Crippen MR) is 76.2 cm³/mol. The summed E-state index contributed by atoms with van der Waals surface area (Å²) in [6, 6.07) is 7.58. The standard InChI is InChI=1S/C12H11BrClN3/c1-15-9-5-10(7-16-6-9)17-12-3-2-8(14)4-11(12)13/h2-7,15,17H,1H3. The molecule has 1 aromatic carbocycles. The fourth-order valence-electron chi connectivity index (χ4n) is 1.39. The Kier molecular flexibility index (Phi) is 3.86. The minimum absolute atomic E-state index is 0.699. The van der Waals surface area contributed by atoms with Crippen LogP contribution in [0.2, 0.25) is 5.02 Å². The Balaban J connectivity index is 2.25. The van der Waals surface area contributed by atoms with Gasteiger partial charge in [-0.25, -0.2) is 0 Å². The first-order valence-electron chi connectivity index (χ1n) is 5.04. The summed E-state index contributed by atoms with van der Waals surface area (Å²) in [5.41, 5.74) is 2.82. The summed E-state index contributed by atoms with van der Waals surface area (Å²) < 4.78 is 0.917. The molecule has 3 nitrogen and oxygen atoms in total. The fourth-order valence-corrected chi connectivity index (χ4v) is 2.17. The van der Waals surface area contributed by atoms with Crippen molar-refractivity contribution < 1.29 is 0 Å². The Labute approximate surface area is 113 Å². The molecule has 0 aliphatic heterocycles. The van der Waals surface area contributed by atoms with Crippen LogP contribution in [-0.2, 0) is 0 Å². The molecular weight excluding hydrogens is 302 g/mol. The molecule has 88 valence electrons. The van der Waals surface area contributed by atoms with Crippen molar-refractivity contribution in [1.82, 2.24) is 4.98 Å². The van der Waals surface area contributed by atoms with E-state index in [1.165, 1.54) is 0 Å². The number of halogens is 2. The zero-order chi connectivity index (χ0) is 12.3. The Bertz CT molecular complexity index is 531. The van der Waals surface area contributed by atoms with Gasteiger partial charge in [0.1, 0.15) is 0 Å². The van der Waals surface area contributed by atoms with Crippen LogP contribution >= 0.6 is 27.5 Å². The van der Waals surface area contributed by atoms with Crippen LogP contribution in [0.15, 0.2) is 41.1 Å². The Morgan fingerprint density at radius 2 is 1.94 bits per heavy atom. The molecular formula is C12H11BrClN3. The van der Waals surface area contributed by atoms with Gasteiger partial charge in [-0.2, -0.15) is 0 Å². The van der Waals surface area contributed by atoms with E-state index in [9.17, 15) is 0 Å². The first-order chi connectivity index (χ1) is 8.19. The van der Waals surface area contributed by atoms with Crippen LogP contribution < -0.4 is 10.6 Å². The SMILES string of the molecule is CNc1cncc(Nc2ccc(Cl)cc2Br)c1. The van der Waals surface area contributed by atoms with E-state index in [4.69, 9.17) is 11.6 Å². The summed E-state index contributed by atoms with van der Waals surface area (Å²) in [6.45, 7) is 0. The minimum atomic E-state index is 0.699. The van der Waals surface area contributed by atoms with Gasteiger partial charge in [0.15, 0.2) is 0 Å². The number of hydrogen-bond acceptors (Lipinski definition) is 3. The largest absolute Gasteiger partial charge is 0.387 e. The molecule has 0 amide bonds. The van der Waals surface area contributed by atoms with E-state index in [0.29, 0.717) is 5.02 Å². The number of benzene rings is 1. The van der Waals surface area contributed by atoms with Crippen LogP contribution in [0.25, 0.3) is 0 Å². The van der Waals surface area contributed by atoms with Crippen LogP contribution in [0, 0.1) is 0 Å². The molecule has 0 bridgehead atoms. The molecule has 2 aromatic rings. The van der Waals surface area contributed by atoms with Crippen LogP contribution in [-0.4, -0.2) is 12.0 Å². The Hall–Kier alpha value is -1.26. The van der Waals surface area contributed by atoms with E-state index in [0.717, 1.165) is 21.5 Å². The molecule has 0 unspecified atom stereocenters. The molecule has 1 aromatic heterocycles. The number of aromatic nitrogens is 1. The molecule has 2 rings (SSSR count). The maximum atomic E-state index is 5.89. The van der Waals surface area contributed by atoms with E-state index < -0.39 is 0 Å². The van der Waals surface area contributed by atoms with Gasteiger partial charge >= 0.3 is 0 Å². The lowest BCUT2D eigenvalue weighted by Crippen LogP contribution is -1.95. The third-order valence-corrected chi connectivity index (χ3v) is 3.13. The number of anilines is 3. The minimum Gasteiger partial charge on any atom is -0.387 e. The van der Waals surface area contributed by atoms with Gasteiger partial charge in [0.05, 0.1) is 29.5 Å². The fraction of sp³-hybridized carbons (Fsp3) is 0.0833. The van der Waals surface area contributed by atoms with Gasteiger partial charge in [-0.3, -0.25) is 4.98 Å². The molecule has 5 heteroatoms. The van der Waals surface area contributed by atoms with Crippen molar-refractivity contribution in [3.8, 4) is 0 Å². The number of hydrogen-bond donors (Lipinski definition) is 2. The molecule has 0 aliphatic rings. The lowest BCUT2D eigenvalue weighted by Gasteiger charge is -2.09. The van der Waals surface area contributed by atoms with Crippen molar-refractivity contribution in [2.24, 2.45) is 0 Å². The van der Waals surface area contributed by atoms with Crippen LogP contribution in [0.5, 0.6) is 0 Å². The lowest BCUT2D eigenvalue weighted by atomic mass is 10.3. The number of rotatable bonds is 3. The molecule has 0 radical (unpaired) electrons. The van der Waals surface area contributed by atoms with Gasteiger partial charge in [0.25, 0.3) is 0 Å². The van der Waals surface area contributed by atoms with Gasteiger partial charge in [-0.05, 0) is 40.2 Å². The summed E-state index contributed by atoms with van der Waals surface area (Å²) in [4.78, 5) is 4.13. The van der Waals surface area contributed by atoms with Gasteiger partial charge in [0.2, 0.25) is 0 Å². The van der Waals surface area contributed by atoms with Crippen LogP contribution in [0.4, 0.5) is 17.1 Å². The summed E-state index contributed by atoms with van der Waals surface area (Å²) in [7, 11) is 1.86. The highest BCUT2D eigenvalue weighted by molar-refractivity contribution is 9.10. The van der Waals surface area contributed by atoms with Crippen LogP contribution in [0.1, 0.15) is 0 Å². The van der Waals surface area contributed by atoms with E-state index in [1.54, 1.807) is 12.4 Å². The van der Waals surface area contributed by atoms with E-state index in [1.807, 2.05) is 31.3 Å². The number of nitrogens with zero attached hydrogens (tertiary/aromatic N) is 1. The van der Waals surface area contributed by atoms with Gasteiger partial charge in [-0.15, -0.1) is 0 Å². The molecule has 2 N–H and O–H groups in total. The van der Waals surface area contributed by atoms with E-state index in [2.05, 4.69) is 31.5 Å². The summed E-state index contributed by atoms with van der Waals surface area (Å²) in [5.74, 6) is 0. The van der Waals surface area contributed by atoms with E-state index >= 15 is 0 Å². The zero-order valence-electron chi connectivity index (χ0n) is 9.17. The predicted octanol–water partition coefficient (Wildman–Crippen LogP) is 4.28. The molecule has 0 saturated carbocycles.